The van der Waals surface area contributed by atoms with E-state index in [1.807, 2.05) is 0 Å². The Labute approximate surface area is 142 Å². The van der Waals surface area contributed by atoms with E-state index < -0.39 is 0 Å². The third-order valence-electron chi connectivity index (χ3n) is 4.85. The Hall–Kier alpha value is -1.50. The fourth-order valence-corrected chi connectivity index (χ4v) is 3.41. The molecule has 0 saturated carbocycles. The molecule has 2 aromatic rings. The fraction of sp³-hybridized carbons (Fsp3) is 0.545. The molecule has 0 aliphatic rings. The van der Waals surface area contributed by atoms with Crippen molar-refractivity contribution >= 4 is 16.5 Å². The summed E-state index contributed by atoms with van der Waals surface area (Å²) in [7, 11) is 0. The second-order valence-corrected chi connectivity index (χ2v) is 6.79. The minimum atomic E-state index is 0.896. The maximum absolute atomic E-state index is 6.08. The van der Waals surface area contributed by atoms with Crippen LogP contribution in [0.2, 0.25) is 0 Å². The van der Waals surface area contributed by atoms with Crippen molar-refractivity contribution in [2.75, 3.05) is 5.73 Å². The number of nitrogen functional groups attached to an aromatic ring is 1. The van der Waals surface area contributed by atoms with Gasteiger partial charge >= 0.3 is 0 Å². The number of unbranched alkanes of at least 4 members (excludes halogenated alkanes) is 9. The van der Waals surface area contributed by atoms with Gasteiger partial charge in [0.2, 0.25) is 0 Å². The van der Waals surface area contributed by atoms with Crippen molar-refractivity contribution in [3.8, 4) is 0 Å². The Bertz CT molecular complexity index is 573. The average molecular weight is 312 g/mol. The first-order chi connectivity index (χ1) is 11.3. The molecular formula is C22H33N. The summed E-state index contributed by atoms with van der Waals surface area (Å²) < 4.78 is 0. The number of rotatable bonds is 11. The second kappa shape index (κ2) is 10.3. The van der Waals surface area contributed by atoms with Gasteiger partial charge in [0.1, 0.15) is 0 Å². The maximum Gasteiger partial charge on any atom is 0.0393 e. The van der Waals surface area contributed by atoms with Crippen molar-refractivity contribution in [1.29, 1.82) is 0 Å². The van der Waals surface area contributed by atoms with Crippen LogP contribution >= 0.6 is 0 Å². The molecule has 0 aliphatic heterocycles. The molecule has 23 heavy (non-hydrogen) atoms. The van der Waals surface area contributed by atoms with E-state index in [2.05, 4.69) is 43.3 Å². The normalized spacial score (nSPS) is 11.2. The smallest absolute Gasteiger partial charge is 0.0393 e. The van der Waals surface area contributed by atoms with Gasteiger partial charge in [0.05, 0.1) is 0 Å². The Balaban J connectivity index is 1.65. The lowest BCUT2D eigenvalue weighted by molar-refractivity contribution is 0.556. The summed E-state index contributed by atoms with van der Waals surface area (Å²) in [4.78, 5) is 0. The highest BCUT2D eigenvalue weighted by atomic mass is 14.5. The molecule has 0 bridgehead atoms. The summed E-state index contributed by atoms with van der Waals surface area (Å²) in [6.45, 7) is 2.28. The number of nitrogens with two attached hydrogens (primary N) is 1. The van der Waals surface area contributed by atoms with E-state index in [-0.39, 0.29) is 0 Å². The second-order valence-electron chi connectivity index (χ2n) is 6.79. The zero-order valence-corrected chi connectivity index (χ0v) is 14.8. The van der Waals surface area contributed by atoms with E-state index in [9.17, 15) is 0 Å². The first-order valence-corrected chi connectivity index (χ1v) is 9.59. The molecule has 0 saturated heterocycles. The van der Waals surface area contributed by atoms with Crippen LogP contribution in [-0.4, -0.2) is 0 Å². The highest BCUT2D eigenvalue weighted by molar-refractivity contribution is 5.95. The molecule has 0 aromatic heterocycles. The van der Waals surface area contributed by atoms with Gasteiger partial charge in [0.25, 0.3) is 0 Å². The number of aryl methyl sites for hydroxylation is 1. The van der Waals surface area contributed by atoms with E-state index in [0.29, 0.717) is 0 Å². The molecular weight excluding hydrogens is 278 g/mol. The van der Waals surface area contributed by atoms with Crippen molar-refractivity contribution in [2.45, 2.75) is 77.6 Å². The molecule has 0 amide bonds. The Kier molecular flexibility index (Phi) is 8.00. The summed E-state index contributed by atoms with van der Waals surface area (Å²) in [6.07, 6.45) is 15.1. The van der Waals surface area contributed by atoms with Crippen LogP contribution in [0.4, 0.5) is 5.69 Å². The first kappa shape index (κ1) is 17.8. The molecule has 0 unspecified atom stereocenters. The topological polar surface area (TPSA) is 26.0 Å². The lowest BCUT2D eigenvalue weighted by Crippen LogP contribution is -1.92. The summed E-state index contributed by atoms with van der Waals surface area (Å²) in [6, 6.07) is 12.8. The van der Waals surface area contributed by atoms with Gasteiger partial charge in [-0.25, -0.2) is 0 Å². The number of anilines is 1. The van der Waals surface area contributed by atoms with Gasteiger partial charge < -0.3 is 5.73 Å². The monoisotopic (exact) mass is 311 g/mol. The fourth-order valence-electron chi connectivity index (χ4n) is 3.41. The minimum Gasteiger partial charge on any atom is -0.398 e. The summed E-state index contributed by atoms with van der Waals surface area (Å²) >= 11 is 0. The molecule has 0 radical (unpaired) electrons. The van der Waals surface area contributed by atoms with Crippen molar-refractivity contribution in [3.63, 3.8) is 0 Å². The van der Waals surface area contributed by atoms with E-state index in [1.54, 1.807) is 0 Å². The first-order valence-electron chi connectivity index (χ1n) is 9.59. The third-order valence-corrected chi connectivity index (χ3v) is 4.85. The highest BCUT2D eigenvalue weighted by Gasteiger charge is 2.03. The lowest BCUT2D eigenvalue weighted by atomic mass is 9.98. The van der Waals surface area contributed by atoms with Gasteiger partial charge in [0.15, 0.2) is 0 Å². The third kappa shape index (κ3) is 5.89. The SMILES string of the molecule is CCCCCCCCCCCCc1ccc(N)c2ccccc12. The lowest BCUT2D eigenvalue weighted by Gasteiger charge is -2.09. The quantitative estimate of drug-likeness (QED) is 0.355. The number of hydrogen-bond donors (Lipinski definition) is 1. The van der Waals surface area contributed by atoms with Crippen LogP contribution in [0.3, 0.4) is 0 Å². The van der Waals surface area contributed by atoms with Crippen LogP contribution in [0.1, 0.15) is 76.7 Å². The van der Waals surface area contributed by atoms with Crippen LogP contribution in [0, 0.1) is 0 Å². The van der Waals surface area contributed by atoms with Crippen molar-refractivity contribution in [2.24, 2.45) is 0 Å². The standard InChI is InChI=1S/C22H33N/c1-2-3-4-5-6-7-8-9-10-11-14-19-17-18-22(23)21-16-13-12-15-20(19)21/h12-13,15-18H,2-11,14,23H2,1H3. The van der Waals surface area contributed by atoms with Gasteiger partial charge in [0, 0.05) is 11.1 Å². The van der Waals surface area contributed by atoms with Crippen molar-refractivity contribution in [1.82, 2.24) is 0 Å². The van der Waals surface area contributed by atoms with Crippen LogP contribution in [0.5, 0.6) is 0 Å². The molecule has 0 heterocycles. The number of fused-ring (bicyclic) bond motifs is 1. The largest absolute Gasteiger partial charge is 0.398 e. The van der Waals surface area contributed by atoms with Crippen LogP contribution in [-0.2, 0) is 6.42 Å². The molecule has 0 spiro atoms. The van der Waals surface area contributed by atoms with Gasteiger partial charge in [-0.2, -0.15) is 0 Å². The molecule has 1 nitrogen and oxygen atoms in total. The predicted octanol–water partition coefficient (Wildman–Crippen LogP) is 6.89. The Morgan fingerprint density at radius 3 is 1.87 bits per heavy atom. The Morgan fingerprint density at radius 1 is 0.652 bits per heavy atom. The molecule has 0 fully saturated rings. The molecule has 126 valence electrons. The molecule has 2 rings (SSSR count). The van der Waals surface area contributed by atoms with Gasteiger partial charge in [-0.3, -0.25) is 0 Å². The van der Waals surface area contributed by atoms with Gasteiger partial charge in [-0.1, -0.05) is 95.0 Å². The number of benzene rings is 2. The highest BCUT2D eigenvalue weighted by Crippen LogP contribution is 2.25. The molecule has 0 atom stereocenters. The van der Waals surface area contributed by atoms with E-state index in [4.69, 9.17) is 5.73 Å². The van der Waals surface area contributed by atoms with Crippen molar-refractivity contribution in [3.05, 3.63) is 42.0 Å². The predicted molar refractivity (Wildman–Crippen MR) is 104 cm³/mol. The van der Waals surface area contributed by atoms with E-state index in [0.717, 1.165) is 5.69 Å². The Morgan fingerprint density at radius 2 is 1.22 bits per heavy atom. The summed E-state index contributed by atoms with van der Waals surface area (Å²) in [5.41, 5.74) is 8.43. The van der Waals surface area contributed by atoms with E-state index in [1.165, 1.54) is 87.0 Å². The molecule has 2 N–H and O–H groups in total. The maximum atomic E-state index is 6.08. The van der Waals surface area contributed by atoms with E-state index >= 15 is 0 Å². The zero-order valence-electron chi connectivity index (χ0n) is 14.8. The number of hydrogen-bond acceptors (Lipinski definition) is 1. The summed E-state index contributed by atoms with van der Waals surface area (Å²) in [5, 5.41) is 2.54. The average Bonchev–Trinajstić information content (AvgIpc) is 2.58. The molecule has 0 aliphatic carbocycles. The molecule has 2 aromatic carbocycles. The van der Waals surface area contributed by atoms with Crippen LogP contribution in [0.15, 0.2) is 36.4 Å². The van der Waals surface area contributed by atoms with Crippen LogP contribution < -0.4 is 5.73 Å². The molecule has 1 heteroatoms. The zero-order chi connectivity index (χ0) is 16.3. The summed E-state index contributed by atoms with van der Waals surface area (Å²) in [5.74, 6) is 0. The van der Waals surface area contributed by atoms with Gasteiger partial charge in [-0.05, 0) is 29.9 Å². The van der Waals surface area contributed by atoms with Crippen molar-refractivity contribution < 1.29 is 0 Å². The minimum absolute atomic E-state index is 0.896. The van der Waals surface area contributed by atoms with Gasteiger partial charge in [-0.15, -0.1) is 0 Å². The van der Waals surface area contributed by atoms with Crippen LogP contribution in [0.25, 0.3) is 10.8 Å².